The van der Waals surface area contributed by atoms with Gasteiger partial charge in [-0.3, -0.25) is 4.79 Å². The van der Waals surface area contributed by atoms with E-state index in [1.807, 2.05) is 17.0 Å². The van der Waals surface area contributed by atoms with Crippen LogP contribution in [0.4, 0.5) is 0 Å². The van der Waals surface area contributed by atoms with E-state index in [1.165, 1.54) is 0 Å². The van der Waals surface area contributed by atoms with Crippen LogP contribution in [-0.4, -0.2) is 41.8 Å². The normalized spacial score (nSPS) is 20.8. The van der Waals surface area contributed by atoms with E-state index in [-0.39, 0.29) is 41.3 Å². The maximum Gasteiger partial charge on any atom is 0.240 e. The van der Waals surface area contributed by atoms with Crippen LogP contribution in [0.25, 0.3) is 0 Å². The fourth-order valence-corrected chi connectivity index (χ4v) is 5.47. The Balaban J connectivity index is 1.38. The van der Waals surface area contributed by atoms with Crippen LogP contribution in [0.15, 0.2) is 41.7 Å². The number of aromatic nitrogens is 2. The van der Waals surface area contributed by atoms with Gasteiger partial charge in [0.25, 0.3) is 0 Å². The molecule has 2 bridgehead atoms. The standard InChI is InChI=1S/C22H28N4O3S/c1-22(2,3)15-4-7-17(8-5-15)30(28,29)25-11-10-21(27)26-16-6-9-20(26)18-13-23-14-24-19(18)12-16/h4-5,7-8,13-14,16,20,25H,6,9-12H2,1-3H3. The zero-order valence-corrected chi connectivity index (χ0v) is 18.4. The molecule has 8 heteroatoms. The molecule has 30 heavy (non-hydrogen) atoms. The number of nitrogens with zero attached hydrogens (tertiary/aromatic N) is 3. The summed E-state index contributed by atoms with van der Waals surface area (Å²) in [5.74, 6) is -0.0252. The van der Waals surface area contributed by atoms with Crippen molar-refractivity contribution in [1.82, 2.24) is 19.6 Å². The molecule has 1 fully saturated rings. The zero-order chi connectivity index (χ0) is 21.5. The molecule has 2 atom stereocenters. The number of hydrogen-bond acceptors (Lipinski definition) is 5. The van der Waals surface area contributed by atoms with Crippen LogP contribution in [0.1, 0.15) is 62.9 Å². The summed E-state index contributed by atoms with van der Waals surface area (Å²) in [5, 5.41) is 0. The number of amides is 1. The van der Waals surface area contributed by atoms with E-state index < -0.39 is 10.0 Å². The molecule has 1 aromatic carbocycles. The van der Waals surface area contributed by atoms with Gasteiger partial charge >= 0.3 is 0 Å². The number of carbonyl (C=O) groups is 1. The maximum absolute atomic E-state index is 12.9. The lowest BCUT2D eigenvalue weighted by atomic mass is 9.87. The summed E-state index contributed by atoms with van der Waals surface area (Å²) in [7, 11) is -3.65. The van der Waals surface area contributed by atoms with E-state index in [4.69, 9.17) is 0 Å². The molecule has 1 N–H and O–H groups in total. The van der Waals surface area contributed by atoms with E-state index in [9.17, 15) is 13.2 Å². The van der Waals surface area contributed by atoms with Crippen LogP contribution in [0.5, 0.6) is 0 Å². The highest BCUT2D eigenvalue weighted by Gasteiger charge is 2.42. The van der Waals surface area contributed by atoms with E-state index in [0.29, 0.717) is 0 Å². The third kappa shape index (κ3) is 3.98. The molecule has 2 unspecified atom stereocenters. The molecule has 7 nitrogen and oxygen atoms in total. The summed E-state index contributed by atoms with van der Waals surface area (Å²) in [6, 6.07) is 7.06. The summed E-state index contributed by atoms with van der Waals surface area (Å²) in [6.45, 7) is 6.33. The molecular weight excluding hydrogens is 400 g/mol. The predicted molar refractivity (Wildman–Crippen MR) is 113 cm³/mol. The van der Waals surface area contributed by atoms with Crippen molar-refractivity contribution in [2.45, 2.75) is 68.8 Å². The van der Waals surface area contributed by atoms with Crippen LogP contribution < -0.4 is 4.72 Å². The molecule has 0 aliphatic carbocycles. The van der Waals surface area contributed by atoms with Crippen molar-refractivity contribution >= 4 is 15.9 Å². The smallest absolute Gasteiger partial charge is 0.240 e. The Kier molecular flexibility index (Phi) is 5.40. The summed E-state index contributed by atoms with van der Waals surface area (Å²) >= 11 is 0. The van der Waals surface area contributed by atoms with Crippen LogP contribution in [0.3, 0.4) is 0 Å². The molecule has 1 amide bonds. The molecule has 0 spiro atoms. The van der Waals surface area contributed by atoms with Crippen molar-refractivity contribution in [2.24, 2.45) is 0 Å². The number of hydrogen-bond donors (Lipinski definition) is 1. The monoisotopic (exact) mass is 428 g/mol. The van der Waals surface area contributed by atoms with Gasteiger partial charge in [0.1, 0.15) is 6.33 Å². The number of fused-ring (bicyclic) bond motifs is 4. The first-order chi connectivity index (χ1) is 14.2. The molecule has 0 saturated carbocycles. The SMILES string of the molecule is CC(C)(C)c1ccc(S(=O)(=O)NCCC(=O)N2C3CCC2c2cncnc2C3)cc1. The molecule has 160 valence electrons. The molecule has 1 saturated heterocycles. The summed E-state index contributed by atoms with van der Waals surface area (Å²) in [4.78, 5) is 23.5. The minimum atomic E-state index is -3.65. The van der Waals surface area contributed by atoms with Gasteiger partial charge in [-0.25, -0.2) is 23.1 Å². The van der Waals surface area contributed by atoms with E-state index >= 15 is 0 Å². The first-order valence-corrected chi connectivity index (χ1v) is 11.9. The minimum Gasteiger partial charge on any atom is -0.332 e. The predicted octanol–water partition coefficient (Wildman–Crippen LogP) is 2.73. The fraction of sp³-hybridized carbons (Fsp3) is 0.500. The van der Waals surface area contributed by atoms with Gasteiger partial charge < -0.3 is 4.90 Å². The van der Waals surface area contributed by atoms with Gasteiger partial charge in [0, 0.05) is 37.2 Å². The quantitative estimate of drug-likeness (QED) is 0.791. The molecule has 2 aromatic rings. The van der Waals surface area contributed by atoms with Crippen LogP contribution in [0, 0.1) is 0 Å². The number of nitrogens with one attached hydrogen (secondary N) is 1. The number of sulfonamides is 1. The molecule has 3 heterocycles. The maximum atomic E-state index is 12.9. The van der Waals surface area contributed by atoms with Crippen LogP contribution >= 0.6 is 0 Å². The lowest BCUT2D eigenvalue weighted by Crippen LogP contribution is -2.43. The highest BCUT2D eigenvalue weighted by atomic mass is 32.2. The highest BCUT2D eigenvalue weighted by molar-refractivity contribution is 7.89. The second kappa shape index (κ2) is 7.74. The Morgan fingerprint density at radius 3 is 2.63 bits per heavy atom. The molecule has 4 rings (SSSR count). The summed E-state index contributed by atoms with van der Waals surface area (Å²) in [5.41, 5.74) is 3.08. The molecule has 0 radical (unpaired) electrons. The molecule has 1 aromatic heterocycles. The zero-order valence-electron chi connectivity index (χ0n) is 17.6. The Bertz CT molecular complexity index is 1040. The second-order valence-corrected chi connectivity index (χ2v) is 10.9. The van der Waals surface area contributed by atoms with E-state index in [2.05, 4.69) is 35.5 Å². The first-order valence-electron chi connectivity index (χ1n) is 10.4. The average molecular weight is 429 g/mol. The Morgan fingerprint density at radius 1 is 1.20 bits per heavy atom. The van der Waals surface area contributed by atoms with Gasteiger partial charge in [0.2, 0.25) is 15.9 Å². The highest BCUT2D eigenvalue weighted by Crippen LogP contribution is 2.42. The van der Waals surface area contributed by atoms with Gasteiger partial charge in [0.15, 0.2) is 0 Å². The number of benzene rings is 1. The topological polar surface area (TPSA) is 92.3 Å². The largest absolute Gasteiger partial charge is 0.332 e. The van der Waals surface area contributed by atoms with Crippen molar-refractivity contribution < 1.29 is 13.2 Å². The third-order valence-corrected chi connectivity index (χ3v) is 7.54. The van der Waals surface area contributed by atoms with Crippen molar-refractivity contribution in [3.8, 4) is 0 Å². The van der Waals surface area contributed by atoms with Crippen molar-refractivity contribution in [1.29, 1.82) is 0 Å². The Hall–Kier alpha value is -2.32. The third-order valence-electron chi connectivity index (χ3n) is 6.07. The molecular formula is C22H28N4O3S. The fourth-order valence-electron chi connectivity index (χ4n) is 4.44. The van der Waals surface area contributed by atoms with Crippen molar-refractivity contribution in [3.63, 3.8) is 0 Å². The Labute approximate surface area is 178 Å². The Morgan fingerprint density at radius 2 is 1.93 bits per heavy atom. The second-order valence-electron chi connectivity index (χ2n) is 9.10. The summed E-state index contributed by atoms with van der Waals surface area (Å²) in [6.07, 6.45) is 6.08. The average Bonchev–Trinajstić information content (AvgIpc) is 3.02. The van der Waals surface area contributed by atoms with Crippen LogP contribution in [-0.2, 0) is 26.7 Å². The minimum absolute atomic E-state index is 0.00833. The number of carbonyl (C=O) groups excluding carboxylic acids is 1. The summed E-state index contributed by atoms with van der Waals surface area (Å²) < 4.78 is 27.8. The molecule has 2 aliphatic heterocycles. The van der Waals surface area contributed by atoms with Gasteiger partial charge in [-0.2, -0.15) is 0 Å². The lowest BCUT2D eigenvalue weighted by molar-refractivity contribution is -0.134. The number of rotatable bonds is 5. The molecule has 2 aliphatic rings. The van der Waals surface area contributed by atoms with Gasteiger partial charge in [-0.05, 0) is 36.0 Å². The van der Waals surface area contributed by atoms with E-state index in [1.54, 1.807) is 24.7 Å². The first kappa shape index (κ1) is 20.9. The van der Waals surface area contributed by atoms with Gasteiger partial charge in [0.05, 0.1) is 16.6 Å². The van der Waals surface area contributed by atoms with Crippen LogP contribution in [0.2, 0.25) is 0 Å². The van der Waals surface area contributed by atoms with Crippen molar-refractivity contribution in [2.75, 3.05) is 6.54 Å². The van der Waals surface area contributed by atoms with Crippen molar-refractivity contribution in [3.05, 3.63) is 53.6 Å². The lowest BCUT2D eigenvalue weighted by Gasteiger charge is -2.35. The van der Waals surface area contributed by atoms with Gasteiger partial charge in [-0.15, -0.1) is 0 Å². The van der Waals surface area contributed by atoms with E-state index in [0.717, 1.165) is 36.1 Å². The van der Waals surface area contributed by atoms with Gasteiger partial charge in [-0.1, -0.05) is 32.9 Å².